The van der Waals surface area contributed by atoms with E-state index in [-0.39, 0.29) is 21.8 Å². The molecule has 0 N–H and O–H groups in total. The number of halogens is 3. The fourth-order valence-electron chi connectivity index (χ4n) is 0. The smallest absolute Gasteiger partial charge is 0.0437 e. The molecule has 0 aliphatic heterocycles. The minimum Gasteiger partial charge on any atom is -1.00 e. The molecule has 0 aromatic heterocycles. The first kappa shape index (κ1) is 44.3. The third kappa shape index (κ3) is 74.2. The highest BCUT2D eigenvalue weighted by molar-refractivity contribution is 7.88. The van der Waals surface area contributed by atoms with E-state index in [2.05, 4.69) is 19.8 Å². The quantitative estimate of drug-likeness (QED) is 0.299. The summed E-state index contributed by atoms with van der Waals surface area (Å²) in [6.45, 7) is 0. The largest absolute Gasteiger partial charge is 1.00 e. The van der Waals surface area contributed by atoms with Crippen LogP contribution in [0, 0.1) is 0 Å². The average molecular weight is 137 g/mol. The first-order valence-corrected chi connectivity index (χ1v) is 1.84. The van der Waals surface area contributed by atoms with Gasteiger partial charge in [-0.3, -0.25) is 0 Å². The van der Waals surface area contributed by atoms with E-state index in [0.29, 0.717) is 0 Å². The van der Waals surface area contributed by atoms with Crippen molar-refractivity contribution in [3.8, 4) is 0 Å². The minimum absolute atomic E-state index is 0. The molecular formula is HClF2PS-3. The molecule has 0 aliphatic rings. The van der Waals surface area contributed by atoms with Crippen molar-refractivity contribution in [3.63, 3.8) is 0 Å². The molecule has 5 heavy (non-hydrogen) atoms. The highest BCUT2D eigenvalue weighted by Crippen LogP contribution is 1.26. The number of rotatable bonds is 0. The fourth-order valence-corrected chi connectivity index (χ4v) is 0. The van der Waals surface area contributed by atoms with E-state index in [0.717, 1.165) is 0 Å². The van der Waals surface area contributed by atoms with Crippen molar-refractivity contribution in [2.24, 2.45) is 0 Å². The Balaban J connectivity index is -0.00000000167. The van der Waals surface area contributed by atoms with Crippen molar-refractivity contribution in [1.82, 2.24) is 0 Å². The highest BCUT2D eigenvalue weighted by atomic mass is 35.5. The lowest BCUT2D eigenvalue weighted by atomic mass is 19.0. The van der Waals surface area contributed by atoms with Gasteiger partial charge >= 0.3 is 0 Å². The summed E-state index contributed by atoms with van der Waals surface area (Å²) in [7, 11) is 2.56. The number of hydrogen-bond acceptors (Lipinski definition) is 1. The Kier molecular flexibility index (Phi) is 1240. The van der Waals surface area contributed by atoms with Crippen LogP contribution in [-0.2, 0) is 11.8 Å². The molecule has 0 aromatic rings. The molecule has 0 nitrogen and oxygen atoms in total. The van der Waals surface area contributed by atoms with Gasteiger partial charge in [0.1, 0.15) is 0 Å². The zero-order valence-corrected chi connectivity index (χ0v) is 4.61. The van der Waals surface area contributed by atoms with Gasteiger partial charge in [0, 0.05) is 0 Å². The van der Waals surface area contributed by atoms with Crippen LogP contribution in [0.5, 0.6) is 0 Å². The van der Waals surface area contributed by atoms with Crippen LogP contribution in [0.2, 0.25) is 0 Å². The Morgan fingerprint density at radius 3 is 1.00 bits per heavy atom. The molecule has 0 aliphatic carbocycles. The molecule has 36 valence electrons. The van der Waals surface area contributed by atoms with Gasteiger partial charge < -0.3 is 21.8 Å². The second-order valence-electron chi connectivity index (χ2n) is 0. The van der Waals surface area contributed by atoms with Gasteiger partial charge in [0.2, 0.25) is 0 Å². The molecule has 0 aromatic carbocycles. The minimum atomic E-state index is 0. The first-order chi connectivity index (χ1) is 1.00. The molecule has 0 radical (unpaired) electrons. The maximum atomic E-state index is 3.89. The lowest BCUT2D eigenvalue weighted by Crippen LogP contribution is -3.00. The maximum Gasteiger partial charge on any atom is -0.0437 e. The molecule has 0 heterocycles. The van der Waals surface area contributed by atoms with Gasteiger partial charge in [0.25, 0.3) is 0 Å². The summed E-state index contributed by atoms with van der Waals surface area (Å²) in [5, 5.41) is 0. The van der Waals surface area contributed by atoms with Crippen LogP contribution in [-0.4, -0.2) is 0 Å². The average Bonchev–Trinajstić information content (AvgIpc) is 1.00. The van der Waals surface area contributed by atoms with E-state index >= 15 is 0 Å². The van der Waals surface area contributed by atoms with Crippen molar-refractivity contribution in [2.75, 3.05) is 0 Å². The third-order valence-electron chi connectivity index (χ3n) is 0. The van der Waals surface area contributed by atoms with E-state index in [1.54, 1.807) is 0 Å². The molecule has 0 bridgehead atoms. The predicted molar refractivity (Wildman–Crippen MR) is 15.7 cm³/mol. The van der Waals surface area contributed by atoms with Crippen LogP contribution >= 0.6 is 8.02 Å². The van der Waals surface area contributed by atoms with Gasteiger partial charge in [-0.05, 0) is 8.02 Å². The van der Waals surface area contributed by atoms with Crippen LogP contribution in [0.3, 0.4) is 0 Å². The van der Waals surface area contributed by atoms with E-state index < -0.39 is 0 Å². The summed E-state index contributed by atoms with van der Waals surface area (Å²) in [5.74, 6) is 0. The van der Waals surface area contributed by atoms with Crippen LogP contribution < -0.4 is 21.8 Å². The Hall–Kier alpha value is 0.670. The van der Waals surface area contributed by atoms with Crippen molar-refractivity contribution in [2.45, 2.75) is 0 Å². The van der Waals surface area contributed by atoms with Crippen molar-refractivity contribution < 1.29 is 21.8 Å². The third-order valence-corrected chi connectivity index (χ3v) is 0. The van der Waals surface area contributed by atoms with Gasteiger partial charge in [0.05, 0.1) is 0 Å². The van der Waals surface area contributed by atoms with Gasteiger partial charge in [-0.2, -0.15) is 0 Å². The Labute approximate surface area is 42.3 Å². The lowest BCUT2D eigenvalue weighted by Gasteiger charge is -1.00. The van der Waals surface area contributed by atoms with Crippen molar-refractivity contribution in [3.05, 3.63) is 0 Å². The van der Waals surface area contributed by atoms with Crippen LogP contribution in [0.15, 0.2) is 0 Å². The lowest BCUT2D eigenvalue weighted by molar-refractivity contribution is -0.00100. The van der Waals surface area contributed by atoms with Crippen LogP contribution in [0.25, 0.3) is 0 Å². The summed E-state index contributed by atoms with van der Waals surface area (Å²) < 4.78 is 0. The molecule has 0 saturated heterocycles. The summed E-state index contributed by atoms with van der Waals surface area (Å²) in [6, 6.07) is 0. The Morgan fingerprint density at radius 2 is 1.00 bits per heavy atom. The van der Waals surface area contributed by atoms with Crippen LogP contribution in [0.1, 0.15) is 0 Å². The van der Waals surface area contributed by atoms with Gasteiger partial charge in [-0.25, -0.2) is 0 Å². The zero-order valence-electron chi connectivity index (χ0n) is 2.04. The summed E-state index contributed by atoms with van der Waals surface area (Å²) >= 11 is 3.89. The van der Waals surface area contributed by atoms with E-state index in [1.165, 1.54) is 0 Å². The van der Waals surface area contributed by atoms with Gasteiger partial charge in [0.15, 0.2) is 0 Å². The molecule has 0 spiro atoms. The summed E-state index contributed by atoms with van der Waals surface area (Å²) in [5.41, 5.74) is 0. The molecule has 0 unspecified atom stereocenters. The SMILES string of the molecule is P=S.[Cl-].[F-].[F-]. The monoisotopic (exact) mass is 137 g/mol. The highest BCUT2D eigenvalue weighted by Gasteiger charge is 0.655. The normalized spacial score (nSPS) is 0.800. The molecule has 0 amide bonds. The predicted octanol–water partition coefficient (Wildman–Crippen LogP) is -8.40. The molecule has 0 rings (SSSR count). The standard InChI is InChI=1S/ClH.2FH.HPS/c;;;1-2/h3*1H;1H/p-3. The summed E-state index contributed by atoms with van der Waals surface area (Å²) in [6.07, 6.45) is 0. The first-order valence-electron chi connectivity index (χ1n) is 0.204. The van der Waals surface area contributed by atoms with Gasteiger partial charge in [-0.1, -0.05) is 11.8 Å². The van der Waals surface area contributed by atoms with E-state index in [9.17, 15) is 0 Å². The second-order valence-corrected chi connectivity index (χ2v) is 0. The molecule has 5 heteroatoms. The fraction of sp³-hybridized carbons (Fsp3) is 0. The Morgan fingerprint density at radius 1 is 1.00 bits per heavy atom. The maximum absolute atomic E-state index is 3.89. The van der Waals surface area contributed by atoms with Crippen molar-refractivity contribution in [1.29, 1.82) is 0 Å². The zero-order chi connectivity index (χ0) is 2.00. The van der Waals surface area contributed by atoms with E-state index in [1.807, 2.05) is 0 Å². The molecule has 0 atom stereocenters. The molecular weight excluding hydrogens is 136 g/mol. The summed E-state index contributed by atoms with van der Waals surface area (Å²) in [4.78, 5) is 0. The molecule has 0 saturated carbocycles. The number of hydrogen-bond donors (Lipinski definition) is 0. The molecule has 0 fully saturated rings. The Bertz CT molecular complexity index is 9.61. The second kappa shape index (κ2) is 140. The van der Waals surface area contributed by atoms with Crippen molar-refractivity contribution >= 4 is 19.8 Å². The van der Waals surface area contributed by atoms with Gasteiger partial charge in [-0.15, -0.1) is 0 Å². The van der Waals surface area contributed by atoms with Crippen LogP contribution in [0.4, 0.5) is 0 Å². The van der Waals surface area contributed by atoms with E-state index in [4.69, 9.17) is 0 Å². The topological polar surface area (TPSA) is 0 Å².